The SMILES string of the molecule is [Br-].[Br-].c1ccc2c(c1)CC[NH2+][C@H]2[C@@H]1[NH2+]CCc2ccccc21. The molecule has 2 heterocycles. The smallest absolute Gasteiger partial charge is 0.169 e. The van der Waals surface area contributed by atoms with E-state index in [0.717, 1.165) is 0 Å². The standard InChI is InChI=1S/C18H20N2.2BrH/c1-3-7-15-13(5-1)9-11-19-17(15)18-16-8-4-2-6-14(16)10-12-20-18;;/h1-8,17-20H,9-12H2;2*1H/t17-,18-;;/m1../s1. The highest BCUT2D eigenvalue weighted by Gasteiger charge is 2.37. The molecular weight excluding hydrogens is 404 g/mol. The first-order valence-electron chi connectivity index (χ1n) is 7.76. The number of fused-ring (bicyclic) bond motifs is 2. The average molecular weight is 426 g/mol. The Labute approximate surface area is 153 Å². The topological polar surface area (TPSA) is 33.2 Å². The summed E-state index contributed by atoms with van der Waals surface area (Å²) in [4.78, 5) is 0. The second kappa shape index (κ2) is 7.73. The fourth-order valence-electron chi connectivity index (χ4n) is 3.94. The largest absolute Gasteiger partial charge is 1.00 e. The lowest BCUT2D eigenvalue weighted by Crippen LogP contribution is -3.00. The summed E-state index contributed by atoms with van der Waals surface area (Å²) in [6.45, 7) is 2.43. The zero-order valence-electron chi connectivity index (χ0n) is 12.5. The Balaban J connectivity index is 0.000000882. The number of nitrogens with two attached hydrogens (primary N) is 2. The van der Waals surface area contributed by atoms with Crippen LogP contribution in [-0.2, 0) is 12.8 Å². The lowest BCUT2D eigenvalue weighted by atomic mass is 9.83. The number of hydrogen-bond acceptors (Lipinski definition) is 0. The zero-order chi connectivity index (χ0) is 13.4. The number of rotatable bonds is 1. The molecule has 2 atom stereocenters. The van der Waals surface area contributed by atoms with Gasteiger partial charge in [-0.25, -0.2) is 0 Å². The van der Waals surface area contributed by atoms with Gasteiger partial charge in [0.2, 0.25) is 0 Å². The first kappa shape index (κ1) is 17.7. The van der Waals surface area contributed by atoms with Gasteiger partial charge in [-0.15, -0.1) is 0 Å². The third-order valence-corrected chi connectivity index (χ3v) is 4.88. The van der Waals surface area contributed by atoms with Gasteiger partial charge in [0.15, 0.2) is 12.1 Å². The number of quaternary nitrogens is 2. The monoisotopic (exact) mass is 424 g/mol. The molecule has 0 unspecified atom stereocenters. The van der Waals surface area contributed by atoms with Crippen molar-refractivity contribution in [3.63, 3.8) is 0 Å². The van der Waals surface area contributed by atoms with E-state index in [2.05, 4.69) is 59.2 Å². The summed E-state index contributed by atoms with van der Waals surface area (Å²) < 4.78 is 0. The van der Waals surface area contributed by atoms with Crippen molar-refractivity contribution in [2.24, 2.45) is 0 Å². The second-order valence-corrected chi connectivity index (χ2v) is 6.00. The summed E-state index contributed by atoms with van der Waals surface area (Å²) in [5.74, 6) is 0. The van der Waals surface area contributed by atoms with Gasteiger partial charge in [0.05, 0.1) is 13.1 Å². The van der Waals surface area contributed by atoms with Crippen LogP contribution >= 0.6 is 0 Å². The molecule has 4 heteroatoms. The summed E-state index contributed by atoms with van der Waals surface area (Å²) in [5.41, 5.74) is 6.21. The molecule has 0 saturated carbocycles. The molecule has 0 amide bonds. The quantitative estimate of drug-likeness (QED) is 0.457. The molecule has 4 N–H and O–H groups in total. The molecule has 0 fully saturated rings. The van der Waals surface area contributed by atoms with Gasteiger partial charge in [0.25, 0.3) is 0 Å². The van der Waals surface area contributed by atoms with Crippen LogP contribution in [0, 0.1) is 0 Å². The summed E-state index contributed by atoms with van der Waals surface area (Å²) in [5, 5.41) is 5.09. The molecule has 2 aromatic rings. The van der Waals surface area contributed by atoms with Crippen LogP contribution in [-0.4, -0.2) is 13.1 Å². The van der Waals surface area contributed by atoms with E-state index < -0.39 is 0 Å². The third-order valence-electron chi connectivity index (χ3n) is 4.88. The van der Waals surface area contributed by atoms with E-state index in [4.69, 9.17) is 0 Å². The van der Waals surface area contributed by atoms with Crippen molar-refractivity contribution >= 4 is 0 Å². The normalized spacial score (nSPS) is 22.5. The van der Waals surface area contributed by atoms with E-state index >= 15 is 0 Å². The minimum Gasteiger partial charge on any atom is -1.00 e. The first-order chi connectivity index (χ1) is 9.93. The van der Waals surface area contributed by atoms with E-state index in [-0.39, 0.29) is 34.0 Å². The summed E-state index contributed by atoms with van der Waals surface area (Å²) in [6, 6.07) is 19.2. The molecule has 0 aliphatic carbocycles. The predicted molar refractivity (Wildman–Crippen MR) is 79.4 cm³/mol. The highest BCUT2D eigenvalue weighted by atomic mass is 79.9. The molecule has 0 spiro atoms. The summed E-state index contributed by atoms with van der Waals surface area (Å²) in [6.07, 6.45) is 2.42. The van der Waals surface area contributed by atoms with E-state index in [1.165, 1.54) is 25.9 Å². The lowest BCUT2D eigenvalue weighted by molar-refractivity contribution is -0.788. The molecule has 0 bridgehead atoms. The van der Waals surface area contributed by atoms with Crippen LogP contribution in [0.4, 0.5) is 0 Å². The predicted octanol–water partition coefficient (Wildman–Crippen LogP) is -5.28. The van der Waals surface area contributed by atoms with Crippen LogP contribution in [0.3, 0.4) is 0 Å². The van der Waals surface area contributed by atoms with Crippen LogP contribution in [0.25, 0.3) is 0 Å². The van der Waals surface area contributed by atoms with Gasteiger partial charge in [-0.1, -0.05) is 48.5 Å². The van der Waals surface area contributed by atoms with Crippen LogP contribution in [0.1, 0.15) is 34.3 Å². The molecule has 0 aromatic heterocycles. The molecule has 2 aromatic carbocycles. The van der Waals surface area contributed by atoms with E-state index in [0.29, 0.717) is 12.1 Å². The van der Waals surface area contributed by atoms with Crippen molar-refractivity contribution in [2.75, 3.05) is 13.1 Å². The van der Waals surface area contributed by atoms with Crippen molar-refractivity contribution < 1.29 is 44.6 Å². The zero-order valence-corrected chi connectivity index (χ0v) is 15.7. The molecular formula is C18H22Br2N2. The molecule has 0 radical (unpaired) electrons. The fraction of sp³-hybridized carbons (Fsp3) is 0.333. The molecule has 2 aliphatic heterocycles. The average Bonchev–Trinajstić information content (AvgIpc) is 2.54. The van der Waals surface area contributed by atoms with E-state index in [9.17, 15) is 0 Å². The van der Waals surface area contributed by atoms with Crippen molar-refractivity contribution in [1.29, 1.82) is 0 Å². The molecule has 4 rings (SSSR count). The maximum Gasteiger partial charge on any atom is 0.169 e. The maximum absolute atomic E-state index is 2.55. The second-order valence-electron chi connectivity index (χ2n) is 6.00. The van der Waals surface area contributed by atoms with E-state index in [1.54, 1.807) is 22.3 Å². The maximum atomic E-state index is 2.55. The number of hydrogen-bond donors (Lipinski definition) is 2. The Kier molecular flexibility index (Phi) is 6.21. The van der Waals surface area contributed by atoms with Crippen molar-refractivity contribution in [3.05, 3.63) is 70.8 Å². The van der Waals surface area contributed by atoms with Gasteiger partial charge in [0, 0.05) is 24.0 Å². The number of benzene rings is 2. The molecule has 2 aliphatic rings. The Hall–Kier alpha value is -0.680. The lowest BCUT2D eigenvalue weighted by Gasteiger charge is -2.32. The van der Waals surface area contributed by atoms with Crippen molar-refractivity contribution in [2.45, 2.75) is 24.9 Å². The molecule has 2 nitrogen and oxygen atoms in total. The highest BCUT2D eigenvalue weighted by Crippen LogP contribution is 2.30. The first-order valence-corrected chi connectivity index (χ1v) is 7.76. The van der Waals surface area contributed by atoms with E-state index in [1.807, 2.05) is 0 Å². The molecule has 0 saturated heterocycles. The van der Waals surface area contributed by atoms with Gasteiger partial charge in [-0.3, -0.25) is 0 Å². The Bertz CT molecular complexity index is 574. The van der Waals surface area contributed by atoms with Crippen molar-refractivity contribution in [3.8, 4) is 0 Å². The Morgan fingerprint density at radius 3 is 1.50 bits per heavy atom. The van der Waals surface area contributed by atoms with Gasteiger partial charge in [0.1, 0.15) is 0 Å². The fourth-order valence-corrected chi connectivity index (χ4v) is 3.94. The minimum atomic E-state index is 0. The van der Waals surface area contributed by atoms with Crippen LogP contribution < -0.4 is 44.6 Å². The van der Waals surface area contributed by atoms with Crippen LogP contribution in [0.5, 0.6) is 0 Å². The Morgan fingerprint density at radius 2 is 1.05 bits per heavy atom. The van der Waals surface area contributed by atoms with Gasteiger partial charge < -0.3 is 44.6 Å². The molecule has 22 heavy (non-hydrogen) atoms. The van der Waals surface area contributed by atoms with Gasteiger partial charge in [-0.05, 0) is 11.1 Å². The highest BCUT2D eigenvalue weighted by molar-refractivity contribution is 5.36. The van der Waals surface area contributed by atoms with Crippen LogP contribution in [0.15, 0.2) is 48.5 Å². The van der Waals surface area contributed by atoms with Crippen molar-refractivity contribution in [1.82, 2.24) is 0 Å². The van der Waals surface area contributed by atoms with Gasteiger partial charge >= 0.3 is 0 Å². The summed E-state index contributed by atoms with van der Waals surface area (Å²) in [7, 11) is 0. The number of halogens is 2. The van der Waals surface area contributed by atoms with Gasteiger partial charge in [-0.2, -0.15) is 0 Å². The Morgan fingerprint density at radius 1 is 0.636 bits per heavy atom. The van der Waals surface area contributed by atoms with Crippen LogP contribution in [0.2, 0.25) is 0 Å². The summed E-state index contributed by atoms with van der Waals surface area (Å²) >= 11 is 0. The third kappa shape index (κ3) is 3.16. The molecule has 118 valence electrons. The minimum absolute atomic E-state index is 0.